The van der Waals surface area contributed by atoms with Crippen LogP contribution in [0.15, 0.2) is 30.3 Å². The molecule has 0 aliphatic heterocycles. The van der Waals surface area contributed by atoms with E-state index in [9.17, 15) is 9.90 Å². The number of carbonyl (C=O) groups is 1. The highest BCUT2D eigenvalue weighted by atomic mass is 16.5. The summed E-state index contributed by atoms with van der Waals surface area (Å²) >= 11 is 0. The van der Waals surface area contributed by atoms with Crippen molar-refractivity contribution in [1.29, 1.82) is 0 Å². The van der Waals surface area contributed by atoms with Crippen LogP contribution in [0.3, 0.4) is 0 Å². The normalized spacial score (nSPS) is 14.0. The van der Waals surface area contributed by atoms with E-state index in [-0.39, 0.29) is 18.0 Å². The Bertz CT molecular complexity index is 406. The number of rotatable bonds is 9. The molecule has 0 amide bonds. The van der Waals surface area contributed by atoms with Crippen LogP contribution < -0.4 is 5.32 Å². The van der Waals surface area contributed by atoms with E-state index in [1.165, 1.54) is 0 Å². The molecule has 0 fully saturated rings. The first kappa shape index (κ1) is 17.7. The number of nitrogens with one attached hydrogen (secondary N) is 1. The number of aliphatic hydroxyl groups is 1. The van der Waals surface area contributed by atoms with E-state index < -0.39 is 0 Å². The molecule has 2 N–H and O–H groups in total. The van der Waals surface area contributed by atoms with Gasteiger partial charge in [0.05, 0.1) is 12.0 Å². The number of hydrogen-bond acceptors (Lipinski definition) is 4. The summed E-state index contributed by atoms with van der Waals surface area (Å²) in [6.07, 6.45) is 0.400. The first-order chi connectivity index (χ1) is 9.99. The highest BCUT2D eigenvalue weighted by Crippen LogP contribution is 2.05. The Morgan fingerprint density at radius 1 is 1.19 bits per heavy atom. The number of benzene rings is 1. The second-order valence-corrected chi connectivity index (χ2v) is 5.94. The molecule has 1 rings (SSSR count). The Kier molecular flexibility index (Phi) is 8.01. The fourth-order valence-corrected chi connectivity index (χ4v) is 2.05. The lowest BCUT2D eigenvalue weighted by Gasteiger charge is -2.16. The van der Waals surface area contributed by atoms with Gasteiger partial charge in [-0.3, -0.25) is 4.79 Å². The van der Waals surface area contributed by atoms with Gasteiger partial charge in [0, 0.05) is 13.1 Å². The van der Waals surface area contributed by atoms with Crippen molar-refractivity contribution in [2.75, 3.05) is 13.1 Å². The molecule has 0 saturated carbocycles. The number of esters is 1. The molecule has 21 heavy (non-hydrogen) atoms. The molecule has 0 bridgehead atoms. The minimum absolute atomic E-state index is 0.218. The Balaban J connectivity index is 2.19. The van der Waals surface area contributed by atoms with Gasteiger partial charge in [0.25, 0.3) is 0 Å². The van der Waals surface area contributed by atoms with Crippen molar-refractivity contribution in [2.24, 2.45) is 11.8 Å². The van der Waals surface area contributed by atoms with Crippen LogP contribution in [-0.2, 0) is 16.1 Å². The summed E-state index contributed by atoms with van der Waals surface area (Å²) in [5.74, 6) is 0.0275. The topological polar surface area (TPSA) is 58.6 Å². The lowest BCUT2D eigenvalue weighted by atomic mass is 10.1. The monoisotopic (exact) mass is 293 g/mol. The first-order valence-electron chi connectivity index (χ1n) is 7.58. The molecule has 0 heterocycles. The summed E-state index contributed by atoms with van der Waals surface area (Å²) in [6.45, 7) is 7.31. The summed E-state index contributed by atoms with van der Waals surface area (Å²) in [4.78, 5) is 11.8. The zero-order valence-corrected chi connectivity index (χ0v) is 13.2. The second kappa shape index (κ2) is 9.53. The highest BCUT2D eigenvalue weighted by Gasteiger charge is 2.15. The Hall–Kier alpha value is -1.39. The largest absolute Gasteiger partial charge is 0.461 e. The van der Waals surface area contributed by atoms with Gasteiger partial charge in [0.15, 0.2) is 0 Å². The lowest BCUT2D eigenvalue weighted by Crippen LogP contribution is -2.33. The minimum atomic E-state index is -0.363. The van der Waals surface area contributed by atoms with Gasteiger partial charge in [-0.2, -0.15) is 0 Å². The van der Waals surface area contributed by atoms with Crippen LogP contribution in [0.2, 0.25) is 0 Å². The maximum Gasteiger partial charge on any atom is 0.310 e. The Morgan fingerprint density at radius 2 is 1.86 bits per heavy atom. The van der Waals surface area contributed by atoms with E-state index in [4.69, 9.17) is 4.74 Å². The summed E-state index contributed by atoms with van der Waals surface area (Å²) in [6, 6.07) is 9.63. The number of aliphatic hydroxyl groups excluding tert-OH is 1. The zero-order chi connectivity index (χ0) is 15.7. The van der Waals surface area contributed by atoms with Gasteiger partial charge >= 0.3 is 5.97 Å². The smallest absolute Gasteiger partial charge is 0.310 e. The van der Waals surface area contributed by atoms with Gasteiger partial charge in [0.2, 0.25) is 0 Å². The van der Waals surface area contributed by atoms with Crippen molar-refractivity contribution >= 4 is 5.97 Å². The zero-order valence-electron chi connectivity index (χ0n) is 13.2. The van der Waals surface area contributed by atoms with Crippen molar-refractivity contribution in [3.63, 3.8) is 0 Å². The maximum atomic E-state index is 11.8. The fourth-order valence-electron chi connectivity index (χ4n) is 2.05. The molecule has 2 atom stereocenters. The second-order valence-electron chi connectivity index (χ2n) is 5.94. The summed E-state index contributed by atoms with van der Waals surface area (Å²) < 4.78 is 5.27. The average molecular weight is 293 g/mol. The number of hydrogen-bond donors (Lipinski definition) is 2. The summed E-state index contributed by atoms with van der Waals surface area (Å²) in [5.41, 5.74) is 0.985. The third-order valence-electron chi connectivity index (χ3n) is 3.20. The predicted octanol–water partition coefficient (Wildman–Crippen LogP) is 2.36. The van der Waals surface area contributed by atoms with Gasteiger partial charge in [-0.05, 0) is 17.9 Å². The predicted molar refractivity (Wildman–Crippen MR) is 83.7 cm³/mol. The van der Waals surface area contributed by atoms with Crippen LogP contribution in [0, 0.1) is 11.8 Å². The van der Waals surface area contributed by atoms with Gasteiger partial charge in [-0.15, -0.1) is 0 Å². The van der Waals surface area contributed by atoms with Crippen molar-refractivity contribution in [1.82, 2.24) is 5.32 Å². The molecule has 0 aliphatic carbocycles. The molecule has 118 valence electrons. The Morgan fingerprint density at radius 3 is 2.48 bits per heavy atom. The van der Waals surface area contributed by atoms with Crippen LogP contribution in [0.5, 0.6) is 0 Å². The van der Waals surface area contributed by atoms with E-state index >= 15 is 0 Å². The highest BCUT2D eigenvalue weighted by molar-refractivity contribution is 5.72. The van der Waals surface area contributed by atoms with Crippen LogP contribution >= 0.6 is 0 Å². The van der Waals surface area contributed by atoms with E-state index in [1.807, 2.05) is 37.3 Å². The summed E-state index contributed by atoms with van der Waals surface area (Å²) in [7, 11) is 0. The summed E-state index contributed by atoms with van der Waals surface area (Å²) in [5, 5.41) is 12.9. The van der Waals surface area contributed by atoms with Crippen LogP contribution in [0.1, 0.15) is 32.8 Å². The van der Waals surface area contributed by atoms with Crippen molar-refractivity contribution in [3.8, 4) is 0 Å². The molecular weight excluding hydrogens is 266 g/mol. The van der Waals surface area contributed by atoms with Gasteiger partial charge in [-0.25, -0.2) is 0 Å². The Labute approximate surface area is 127 Å². The maximum absolute atomic E-state index is 11.8. The first-order valence-corrected chi connectivity index (χ1v) is 7.58. The van der Waals surface area contributed by atoms with E-state index in [1.54, 1.807) is 0 Å². The number of carbonyl (C=O) groups excluding carboxylic acids is 1. The molecule has 0 saturated heterocycles. The van der Waals surface area contributed by atoms with Gasteiger partial charge in [0.1, 0.15) is 6.61 Å². The third-order valence-corrected chi connectivity index (χ3v) is 3.20. The minimum Gasteiger partial charge on any atom is -0.461 e. The molecule has 0 aliphatic rings. The van der Waals surface area contributed by atoms with Crippen molar-refractivity contribution in [3.05, 3.63) is 35.9 Å². The van der Waals surface area contributed by atoms with Gasteiger partial charge < -0.3 is 15.2 Å². The molecule has 4 heteroatoms. The van der Waals surface area contributed by atoms with E-state index in [0.29, 0.717) is 25.6 Å². The van der Waals surface area contributed by atoms with Crippen LogP contribution in [0.4, 0.5) is 0 Å². The molecule has 1 aromatic rings. The van der Waals surface area contributed by atoms with Crippen LogP contribution in [0.25, 0.3) is 0 Å². The molecule has 0 radical (unpaired) electrons. The quantitative estimate of drug-likeness (QED) is 0.686. The average Bonchev–Trinajstić information content (AvgIpc) is 2.44. The molecular formula is C17H27NO3. The fraction of sp³-hybridized carbons (Fsp3) is 0.588. The standard InChI is InChI=1S/C17H27NO3/c1-13(2)9-16(19)11-18-10-14(3)17(20)21-12-15-7-5-4-6-8-15/h4-8,13-14,16,18-19H,9-12H2,1-3H3. The van der Waals surface area contributed by atoms with Gasteiger partial charge in [-0.1, -0.05) is 51.1 Å². The molecule has 1 aromatic carbocycles. The molecule has 0 aromatic heterocycles. The van der Waals surface area contributed by atoms with Crippen molar-refractivity contribution in [2.45, 2.75) is 39.9 Å². The SMILES string of the molecule is CC(C)CC(O)CNCC(C)C(=O)OCc1ccccc1. The third kappa shape index (κ3) is 7.83. The lowest BCUT2D eigenvalue weighted by molar-refractivity contribution is -0.149. The molecule has 4 nitrogen and oxygen atoms in total. The van der Waals surface area contributed by atoms with Crippen molar-refractivity contribution < 1.29 is 14.6 Å². The molecule has 2 unspecified atom stereocenters. The number of ether oxygens (including phenoxy) is 1. The molecule has 0 spiro atoms. The van der Waals surface area contributed by atoms with E-state index in [0.717, 1.165) is 12.0 Å². The van der Waals surface area contributed by atoms with Crippen LogP contribution in [-0.4, -0.2) is 30.3 Å². The van der Waals surface area contributed by atoms with E-state index in [2.05, 4.69) is 19.2 Å².